The number of esters is 1. The molecule has 0 heterocycles. The van der Waals surface area contributed by atoms with Crippen molar-refractivity contribution in [1.29, 1.82) is 0 Å². The fourth-order valence-electron chi connectivity index (χ4n) is 2.06. The van der Waals surface area contributed by atoms with Crippen molar-refractivity contribution in [3.8, 4) is 5.75 Å². The van der Waals surface area contributed by atoms with E-state index in [0.717, 1.165) is 0 Å². The molecule has 1 rings (SSSR count). The van der Waals surface area contributed by atoms with E-state index in [1.807, 2.05) is 39.0 Å². The molecule has 1 N–H and O–H groups in total. The van der Waals surface area contributed by atoms with Crippen molar-refractivity contribution in [2.75, 3.05) is 6.16 Å². The van der Waals surface area contributed by atoms with Crippen molar-refractivity contribution in [2.45, 2.75) is 53.7 Å². The molecule has 0 aliphatic carbocycles. The summed E-state index contributed by atoms with van der Waals surface area (Å²) in [5.41, 5.74) is -0.223. The van der Waals surface area contributed by atoms with Gasteiger partial charge in [-0.3, -0.25) is 9.36 Å². The normalized spacial score (nSPS) is 15.8. The van der Waals surface area contributed by atoms with Crippen molar-refractivity contribution >= 4 is 13.5 Å². The lowest BCUT2D eigenvalue weighted by atomic mass is 10.0. The summed E-state index contributed by atoms with van der Waals surface area (Å²) >= 11 is 0. The number of benzene rings is 1. The van der Waals surface area contributed by atoms with Gasteiger partial charge in [0.15, 0.2) is 0 Å². The minimum atomic E-state index is -3.27. The maximum Gasteiger partial charge on any atom is 0.323 e. The highest BCUT2D eigenvalue weighted by atomic mass is 31.2. The molecule has 0 saturated carbocycles. The molecule has 0 fully saturated rings. The Hall–Kier alpha value is -1.32. The first-order valence-electron chi connectivity index (χ1n) is 7.83. The number of rotatable bonds is 7. The first-order valence-corrected chi connectivity index (χ1v) is 9.64. The molecule has 0 bridgehead atoms. The Balaban J connectivity index is 2.91. The average Bonchev–Trinajstić information content (AvgIpc) is 2.36. The van der Waals surface area contributed by atoms with Crippen LogP contribution in [0.15, 0.2) is 30.3 Å². The second-order valence-electron chi connectivity index (χ2n) is 7.13. The van der Waals surface area contributed by atoms with Gasteiger partial charge in [0.25, 0.3) is 0 Å². The predicted octanol–water partition coefficient (Wildman–Crippen LogP) is 4.23. The summed E-state index contributed by atoms with van der Waals surface area (Å²) in [4.78, 5) is 12.0. The summed E-state index contributed by atoms with van der Waals surface area (Å²) < 4.78 is 24.2. The lowest BCUT2D eigenvalue weighted by Crippen LogP contribution is -2.37. The molecule has 0 aliphatic heterocycles. The maximum atomic E-state index is 13.3. The largest absolute Gasteiger partial charge is 0.462 e. The first-order chi connectivity index (χ1) is 10.5. The minimum Gasteiger partial charge on any atom is -0.462 e. The third-order valence-electron chi connectivity index (χ3n) is 2.77. The zero-order valence-corrected chi connectivity index (χ0v) is 15.7. The summed E-state index contributed by atoms with van der Waals surface area (Å²) in [5.74, 6) is 0.0720. The van der Waals surface area contributed by atoms with Crippen LogP contribution in [0.5, 0.6) is 5.75 Å². The van der Waals surface area contributed by atoms with Gasteiger partial charge in [0, 0.05) is 0 Å². The van der Waals surface area contributed by atoms with Crippen LogP contribution < -0.4 is 9.61 Å². The number of hydrogen-bond donors (Lipinski definition) is 1. The van der Waals surface area contributed by atoms with E-state index in [-0.39, 0.29) is 11.5 Å². The van der Waals surface area contributed by atoms with Gasteiger partial charge in [-0.2, -0.15) is 0 Å². The van der Waals surface area contributed by atoms with Crippen molar-refractivity contribution in [3.05, 3.63) is 30.3 Å². The first kappa shape index (κ1) is 19.7. The van der Waals surface area contributed by atoms with Crippen LogP contribution in [-0.2, 0) is 14.1 Å². The minimum absolute atomic E-state index is 0.219. The summed E-state index contributed by atoms with van der Waals surface area (Å²) in [6.45, 7) is 11.1. The van der Waals surface area contributed by atoms with Gasteiger partial charge in [0.1, 0.15) is 11.8 Å². The molecule has 2 atom stereocenters. The SMILES string of the molecule is CC(C)OC(=O)C(C)NP(=O)(CC(C)(C)C)Oc1ccccc1. The summed E-state index contributed by atoms with van der Waals surface area (Å²) in [6, 6.07) is 8.26. The van der Waals surface area contributed by atoms with E-state index < -0.39 is 19.5 Å². The van der Waals surface area contributed by atoms with Crippen LogP contribution in [0.2, 0.25) is 0 Å². The van der Waals surface area contributed by atoms with Crippen LogP contribution in [0.4, 0.5) is 0 Å². The van der Waals surface area contributed by atoms with Gasteiger partial charge >= 0.3 is 13.5 Å². The topological polar surface area (TPSA) is 64.6 Å². The lowest BCUT2D eigenvalue weighted by molar-refractivity contribution is -0.149. The fraction of sp³-hybridized carbons (Fsp3) is 0.588. The summed E-state index contributed by atoms with van der Waals surface area (Å²) in [6.07, 6.45) is 0.0811. The predicted molar refractivity (Wildman–Crippen MR) is 92.8 cm³/mol. The van der Waals surface area contributed by atoms with E-state index in [1.54, 1.807) is 32.9 Å². The Bertz CT molecular complexity index is 551. The Kier molecular flexibility index (Phi) is 6.84. The quantitative estimate of drug-likeness (QED) is 0.594. The second kappa shape index (κ2) is 7.98. The van der Waals surface area contributed by atoms with Crippen LogP contribution in [0.1, 0.15) is 41.5 Å². The highest BCUT2D eigenvalue weighted by Crippen LogP contribution is 2.48. The Labute approximate surface area is 139 Å². The highest BCUT2D eigenvalue weighted by molar-refractivity contribution is 7.57. The van der Waals surface area contributed by atoms with Crippen LogP contribution in [0.3, 0.4) is 0 Å². The van der Waals surface area contributed by atoms with Crippen LogP contribution >= 0.6 is 7.52 Å². The molecule has 0 spiro atoms. The van der Waals surface area contributed by atoms with E-state index in [0.29, 0.717) is 11.9 Å². The number of hydrogen-bond acceptors (Lipinski definition) is 4. The second-order valence-corrected chi connectivity index (χ2v) is 9.24. The molecule has 6 heteroatoms. The number of nitrogens with one attached hydrogen (secondary N) is 1. The zero-order valence-electron chi connectivity index (χ0n) is 14.8. The number of para-hydroxylation sites is 1. The third kappa shape index (κ3) is 7.67. The van der Waals surface area contributed by atoms with Crippen molar-refractivity contribution < 1.29 is 18.6 Å². The summed E-state index contributed by atoms with van der Waals surface area (Å²) in [7, 11) is -3.27. The Morgan fingerprint density at radius 2 is 1.74 bits per heavy atom. The molecule has 5 nitrogen and oxygen atoms in total. The number of carbonyl (C=O) groups is 1. The maximum absolute atomic E-state index is 13.3. The zero-order chi connectivity index (χ0) is 17.7. The van der Waals surface area contributed by atoms with Crippen LogP contribution in [0.25, 0.3) is 0 Å². The van der Waals surface area contributed by atoms with Crippen LogP contribution in [-0.4, -0.2) is 24.3 Å². The Morgan fingerprint density at radius 3 is 2.22 bits per heavy atom. The molecule has 0 radical (unpaired) electrons. The monoisotopic (exact) mass is 341 g/mol. The number of carbonyl (C=O) groups excluding carboxylic acids is 1. The molecular formula is C17H28NO4P. The Morgan fingerprint density at radius 1 is 1.17 bits per heavy atom. The molecule has 0 saturated heterocycles. The number of ether oxygens (including phenoxy) is 1. The molecular weight excluding hydrogens is 313 g/mol. The molecule has 0 aromatic heterocycles. The average molecular weight is 341 g/mol. The smallest absolute Gasteiger partial charge is 0.323 e. The van der Waals surface area contributed by atoms with Crippen molar-refractivity contribution in [2.24, 2.45) is 5.41 Å². The molecule has 0 amide bonds. The van der Waals surface area contributed by atoms with E-state index in [9.17, 15) is 9.36 Å². The summed E-state index contributed by atoms with van der Waals surface area (Å²) in [5, 5.41) is 2.86. The van der Waals surface area contributed by atoms with E-state index in [2.05, 4.69) is 5.09 Å². The molecule has 2 unspecified atom stereocenters. The molecule has 0 aliphatic rings. The van der Waals surface area contributed by atoms with Crippen molar-refractivity contribution in [1.82, 2.24) is 5.09 Å². The molecule has 23 heavy (non-hydrogen) atoms. The van der Waals surface area contributed by atoms with Gasteiger partial charge < -0.3 is 9.26 Å². The lowest BCUT2D eigenvalue weighted by Gasteiger charge is -2.29. The van der Waals surface area contributed by atoms with Gasteiger partial charge in [-0.05, 0) is 38.3 Å². The van der Waals surface area contributed by atoms with E-state index in [4.69, 9.17) is 9.26 Å². The van der Waals surface area contributed by atoms with Crippen molar-refractivity contribution in [3.63, 3.8) is 0 Å². The van der Waals surface area contributed by atoms with Crippen LogP contribution in [0, 0.1) is 5.41 Å². The fourth-order valence-corrected chi connectivity index (χ4v) is 4.68. The molecule has 1 aromatic carbocycles. The van der Waals surface area contributed by atoms with Gasteiger partial charge in [0.2, 0.25) is 0 Å². The van der Waals surface area contributed by atoms with Gasteiger partial charge in [-0.15, -0.1) is 0 Å². The highest BCUT2D eigenvalue weighted by Gasteiger charge is 2.34. The van der Waals surface area contributed by atoms with E-state index in [1.165, 1.54) is 0 Å². The standard InChI is InChI=1S/C17H28NO4P/c1-13(2)21-16(19)14(3)18-23(20,12-17(4,5)6)22-15-10-8-7-9-11-15/h7-11,13-14H,12H2,1-6H3,(H,18,20). The van der Waals surface area contributed by atoms with E-state index >= 15 is 0 Å². The van der Waals surface area contributed by atoms with Gasteiger partial charge in [0.05, 0.1) is 12.3 Å². The molecule has 130 valence electrons. The molecule has 1 aromatic rings. The third-order valence-corrected chi connectivity index (χ3v) is 5.43. The van der Waals surface area contributed by atoms with Gasteiger partial charge in [-0.25, -0.2) is 5.09 Å². The van der Waals surface area contributed by atoms with Gasteiger partial charge in [-0.1, -0.05) is 39.0 Å².